The second-order valence-electron chi connectivity index (χ2n) is 5.60. The van der Waals surface area contributed by atoms with Crippen molar-refractivity contribution in [3.05, 3.63) is 34.9 Å². The Bertz CT molecular complexity index is 383. The molecule has 1 heterocycles. The van der Waals surface area contributed by atoms with Crippen molar-refractivity contribution < 1.29 is 0 Å². The molecule has 1 aliphatic rings. The zero-order valence-corrected chi connectivity index (χ0v) is 12.6. The van der Waals surface area contributed by atoms with Crippen molar-refractivity contribution in [3.63, 3.8) is 0 Å². The minimum absolute atomic E-state index is 0.755. The highest BCUT2D eigenvalue weighted by molar-refractivity contribution is 7.40. The van der Waals surface area contributed by atoms with Gasteiger partial charge in [-0.15, -0.1) is 8.58 Å². The van der Waals surface area contributed by atoms with Gasteiger partial charge in [-0.2, -0.15) is 0 Å². The Labute approximate surface area is 108 Å². The molecule has 1 aromatic rings. The molecule has 0 radical (unpaired) electrons. The van der Waals surface area contributed by atoms with Crippen LogP contribution >= 0.6 is 8.58 Å². The molecular formula is C16H25P. The first-order chi connectivity index (χ1) is 8.11. The normalized spacial score (nSPS) is 27.5. The molecule has 0 spiro atoms. The zero-order chi connectivity index (χ0) is 12.4. The van der Waals surface area contributed by atoms with E-state index in [1.807, 2.05) is 0 Å². The summed E-state index contributed by atoms with van der Waals surface area (Å²) in [5.41, 5.74) is 6.43. The number of hydrogen-bond acceptors (Lipinski definition) is 0. The van der Waals surface area contributed by atoms with E-state index in [0.717, 1.165) is 17.2 Å². The van der Waals surface area contributed by atoms with Crippen molar-refractivity contribution in [2.24, 2.45) is 0 Å². The average Bonchev–Trinajstić information content (AvgIpc) is 2.76. The first-order valence-electron chi connectivity index (χ1n) is 6.95. The summed E-state index contributed by atoms with van der Waals surface area (Å²) in [6, 6.07) is 6.97. The minimum Gasteiger partial charge on any atom is -0.115 e. The van der Waals surface area contributed by atoms with Crippen molar-refractivity contribution in [2.75, 3.05) is 0 Å². The lowest BCUT2D eigenvalue weighted by Crippen LogP contribution is -2.09. The van der Waals surface area contributed by atoms with Gasteiger partial charge in [0.05, 0.1) is 0 Å². The molecule has 0 N–H and O–H groups in total. The van der Waals surface area contributed by atoms with Gasteiger partial charge in [0, 0.05) is 0 Å². The quantitative estimate of drug-likeness (QED) is 0.658. The number of hydrogen-bond donors (Lipinski definition) is 0. The molecule has 4 unspecified atom stereocenters. The van der Waals surface area contributed by atoms with Crippen LogP contribution in [0.4, 0.5) is 0 Å². The highest BCUT2D eigenvalue weighted by Gasteiger charge is 2.28. The topological polar surface area (TPSA) is 0 Å². The highest BCUT2D eigenvalue weighted by atomic mass is 31.1. The largest absolute Gasteiger partial charge is 0.115 e. The van der Waals surface area contributed by atoms with Crippen LogP contribution in [-0.4, -0.2) is 11.3 Å². The maximum absolute atomic E-state index is 2.44. The van der Waals surface area contributed by atoms with Crippen LogP contribution in [0.3, 0.4) is 0 Å². The van der Waals surface area contributed by atoms with Gasteiger partial charge in [-0.3, -0.25) is 0 Å². The molecule has 0 aliphatic carbocycles. The lowest BCUT2D eigenvalue weighted by molar-refractivity contribution is 0.640. The predicted molar refractivity (Wildman–Crippen MR) is 79.7 cm³/mol. The standard InChI is InChI=1S/C16H25P/c1-5-14-7-9-16(17-14)13(4)15-8-6-11(2)10-12(15)3/h6,8,10,13-14,16-17H,5,7,9H2,1-4H3. The van der Waals surface area contributed by atoms with E-state index in [1.165, 1.54) is 39.0 Å². The van der Waals surface area contributed by atoms with E-state index in [9.17, 15) is 0 Å². The molecule has 0 amide bonds. The molecule has 0 aromatic heterocycles. The van der Waals surface area contributed by atoms with E-state index >= 15 is 0 Å². The van der Waals surface area contributed by atoms with Crippen LogP contribution in [0.5, 0.6) is 0 Å². The van der Waals surface area contributed by atoms with Crippen molar-refractivity contribution in [3.8, 4) is 0 Å². The van der Waals surface area contributed by atoms with Crippen LogP contribution in [0.1, 0.15) is 55.7 Å². The van der Waals surface area contributed by atoms with Crippen LogP contribution in [-0.2, 0) is 0 Å². The third-order valence-corrected chi connectivity index (χ3v) is 6.67. The fourth-order valence-corrected chi connectivity index (χ4v) is 5.10. The summed E-state index contributed by atoms with van der Waals surface area (Å²) in [4.78, 5) is 0. The average molecular weight is 248 g/mol. The van der Waals surface area contributed by atoms with Gasteiger partial charge in [0.1, 0.15) is 0 Å². The van der Waals surface area contributed by atoms with Crippen molar-refractivity contribution in [1.82, 2.24) is 0 Å². The molecular weight excluding hydrogens is 223 g/mol. The van der Waals surface area contributed by atoms with Gasteiger partial charge in [0.2, 0.25) is 0 Å². The molecule has 17 heavy (non-hydrogen) atoms. The Morgan fingerprint density at radius 3 is 2.65 bits per heavy atom. The summed E-state index contributed by atoms with van der Waals surface area (Å²) in [6.07, 6.45) is 4.30. The fourth-order valence-electron chi connectivity index (χ4n) is 3.12. The lowest BCUT2D eigenvalue weighted by atomic mass is 9.90. The van der Waals surface area contributed by atoms with Gasteiger partial charge >= 0.3 is 0 Å². The molecule has 0 nitrogen and oxygen atoms in total. The first-order valence-corrected chi connectivity index (χ1v) is 8.10. The van der Waals surface area contributed by atoms with E-state index < -0.39 is 0 Å². The molecule has 2 rings (SSSR count). The second kappa shape index (κ2) is 5.53. The number of aryl methyl sites for hydroxylation is 2. The lowest BCUT2D eigenvalue weighted by Gasteiger charge is -2.22. The Morgan fingerprint density at radius 1 is 1.29 bits per heavy atom. The maximum atomic E-state index is 2.44. The number of benzene rings is 1. The summed E-state index contributed by atoms with van der Waals surface area (Å²) in [5.74, 6) is 0.755. The molecule has 1 aromatic carbocycles. The third-order valence-electron chi connectivity index (χ3n) is 4.29. The summed E-state index contributed by atoms with van der Waals surface area (Å²) in [7, 11) is 1.19. The van der Waals surface area contributed by atoms with Crippen molar-refractivity contribution >= 4 is 8.58 Å². The molecule has 1 saturated heterocycles. The molecule has 1 aliphatic heterocycles. The predicted octanol–water partition coefficient (Wildman–Crippen LogP) is 5.03. The smallest absolute Gasteiger partial charge is 0.0122 e. The van der Waals surface area contributed by atoms with Gasteiger partial charge < -0.3 is 0 Å². The van der Waals surface area contributed by atoms with Crippen LogP contribution in [0.15, 0.2) is 18.2 Å². The summed E-state index contributed by atoms with van der Waals surface area (Å²) < 4.78 is 0. The molecule has 1 fully saturated rings. The Kier molecular flexibility index (Phi) is 4.26. The molecule has 94 valence electrons. The van der Waals surface area contributed by atoms with E-state index in [1.54, 1.807) is 5.56 Å². The van der Waals surface area contributed by atoms with Gasteiger partial charge in [-0.1, -0.05) is 37.6 Å². The van der Waals surface area contributed by atoms with Gasteiger partial charge in [-0.25, -0.2) is 0 Å². The van der Waals surface area contributed by atoms with E-state index in [4.69, 9.17) is 0 Å². The first kappa shape index (κ1) is 13.1. The second-order valence-corrected chi connectivity index (χ2v) is 7.50. The minimum atomic E-state index is 0.755. The highest BCUT2D eigenvalue weighted by Crippen LogP contribution is 2.47. The Morgan fingerprint density at radius 2 is 2.06 bits per heavy atom. The van der Waals surface area contributed by atoms with Gasteiger partial charge in [0.25, 0.3) is 0 Å². The molecule has 4 atom stereocenters. The van der Waals surface area contributed by atoms with E-state index in [0.29, 0.717) is 0 Å². The molecule has 1 heteroatoms. The van der Waals surface area contributed by atoms with Gasteiger partial charge in [0.15, 0.2) is 0 Å². The van der Waals surface area contributed by atoms with Gasteiger partial charge in [-0.05, 0) is 61.5 Å². The number of rotatable bonds is 3. The van der Waals surface area contributed by atoms with Crippen LogP contribution < -0.4 is 0 Å². The van der Waals surface area contributed by atoms with Crippen molar-refractivity contribution in [1.29, 1.82) is 0 Å². The third kappa shape index (κ3) is 2.91. The summed E-state index contributed by atoms with van der Waals surface area (Å²) in [5, 5.41) is 0. The SMILES string of the molecule is CCC1CCC(C(C)c2ccc(C)cc2C)P1. The maximum Gasteiger partial charge on any atom is -0.0122 e. The zero-order valence-electron chi connectivity index (χ0n) is 11.6. The molecule has 0 saturated carbocycles. The van der Waals surface area contributed by atoms with Crippen LogP contribution in [0.2, 0.25) is 0 Å². The summed E-state index contributed by atoms with van der Waals surface area (Å²) >= 11 is 0. The Hall–Kier alpha value is -0.350. The van der Waals surface area contributed by atoms with Crippen LogP contribution in [0, 0.1) is 13.8 Å². The molecule has 0 bridgehead atoms. The van der Waals surface area contributed by atoms with Crippen molar-refractivity contribution in [2.45, 2.75) is 64.2 Å². The monoisotopic (exact) mass is 248 g/mol. The fraction of sp³-hybridized carbons (Fsp3) is 0.625. The van der Waals surface area contributed by atoms with Crippen LogP contribution in [0.25, 0.3) is 0 Å². The Balaban J connectivity index is 2.12. The summed E-state index contributed by atoms with van der Waals surface area (Å²) in [6.45, 7) is 9.25. The van der Waals surface area contributed by atoms with E-state index in [2.05, 4.69) is 45.9 Å². The van der Waals surface area contributed by atoms with E-state index in [-0.39, 0.29) is 0 Å².